The molecule has 0 fully saturated rings. The Kier molecular flexibility index (Phi) is 5.28. The predicted molar refractivity (Wildman–Crippen MR) is 40.0 cm³/mol. The number of hydrogen-bond donors (Lipinski definition) is 3. The van der Waals surface area contributed by atoms with Crippen LogP contribution in [-0.2, 0) is 8.53 Å². The molecule has 0 aliphatic rings. The molecule has 0 heterocycles. The normalized spacial score (nSPS) is 15.8. The van der Waals surface area contributed by atoms with Gasteiger partial charge in [0.15, 0.2) is 0 Å². The van der Waals surface area contributed by atoms with Crippen molar-refractivity contribution in [2.75, 3.05) is 5.39 Å². The Balaban J connectivity index is 3.54. The predicted octanol–water partition coefficient (Wildman–Crippen LogP) is -1.53. The van der Waals surface area contributed by atoms with Gasteiger partial charge in [-0.1, -0.05) is 0 Å². The summed E-state index contributed by atoms with van der Waals surface area (Å²) in [5.41, 5.74) is 5.13. The quantitative estimate of drug-likeness (QED) is 0.493. The molecule has 11 heavy (non-hydrogen) atoms. The number of nitrogens with two attached hydrogens (primary N) is 1. The van der Waals surface area contributed by atoms with E-state index >= 15 is 0 Å². The standard InChI is InChI=1S/C5H12AsNO4/c7-4(5(9)10)1-2-6(11)3-8/h4,6,8H,1-3,7H2,(H,9,10). The summed E-state index contributed by atoms with van der Waals surface area (Å²) in [6, 6.07) is -0.946. The van der Waals surface area contributed by atoms with Crippen LogP contribution in [0.15, 0.2) is 0 Å². The van der Waals surface area contributed by atoms with Gasteiger partial charge in [-0.25, -0.2) is 0 Å². The summed E-state index contributed by atoms with van der Waals surface area (Å²) < 4.78 is 10.7. The summed E-state index contributed by atoms with van der Waals surface area (Å²) in [5, 5.41) is 16.6. The van der Waals surface area contributed by atoms with Crippen molar-refractivity contribution in [3.05, 3.63) is 0 Å². The van der Waals surface area contributed by atoms with Crippen LogP contribution in [0.3, 0.4) is 0 Å². The van der Waals surface area contributed by atoms with Gasteiger partial charge in [0.25, 0.3) is 0 Å². The van der Waals surface area contributed by atoms with Crippen molar-refractivity contribution < 1.29 is 18.7 Å². The van der Waals surface area contributed by atoms with E-state index in [2.05, 4.69) is 0 Å². The van der Waals surface area contributed by atoms with Crippen LogP contribution in [0, 0.1) is 0 Å². The van der Waals surface area contributed by atoms with Crippen molar-refractivity contribution >= 4 is 20.6 Å². The van der Waals surface area contributed by atoms with Gasteiger partial charge in [-0.3, -0.25) is 0 Å². The number of carboxylic acids is 1. The van der Waals surface area contributed by atoms with Crippen LogP contribution < -0.4 is 5.73 Å². The number of carbonyl (C=O) groups is 1. The van der Waals surface area contributed by atoms with Crippen LogP contribution in [0.5, 0.6) is 0 Å². The second-order valence-corrected chi connectivity index (χ2v) is 6.15. The molecule has 0 radical (unpaired) electrons. The van der Waals surface area contributed by atoms with Crippen LogP contribution in [0.4, 0.5) is 0 Å². The first kappa shape index (κ1) is 10.7. The van der Waals surface area contributed by atoms with Gasteiger partial charge in [0.1, 0.15) is 0 Å². The Labute approximate surface area is 68.7 Å². The number of aliphatic carboxylic acids is 1. The molecule has 0 saturated heterocycles. The molecule has 0 aromatic carbocycles. The zero-order valence-corrected chi connectivity index (χ0v) is 8.09. The average Bonchev–Trinajstić information content (AvgIpc) is 1.99. The van der Waals surface area contributed by atoms with Crippen LogP contribution >= 0.6 is 0 Å². The fourth-order valence-electron chi connectivity index (χ4n) is 0.519. The maximum absolute atomic E-state index is 10.7. The van der Waals surface area contributed by atoms with Gasteiger partial charge in [0.2, 0.25) is 0 Å². The van der Waals surface area contributed by atoms with E-state index in [9.17, 15) is 8.53 Å². The maximum atomic E-state index is 10.7. The van der Waals surface area contributed by atoms with E-state index in [-0.39, 0.29) is 17.0 Å². The van der Waals surface area contributed by atoms with E-state index in [1.807, 2.05) is 0 Å². The van der Waals surface area contributed by atoms with Gasteiger partial charge in [-0.2, -0.15) is 0 Å². The molecule has 0 spiro atoms. The van der Waals surface area contributed by atoms with Gasteiger partial charge in [0, 0.05) is 0 Å². The molecule has 0 aliphatic heterocycles. The summed E-state index contributed by atoms with van der Waals surface area (Å²) in [6.07, 6.45) is 0.189. The SMILES string of the molecule is NC(CC[AsH](=O)CO)C(=O)O. The van der Waals surface area contributed by atoms with E-state index < -0.39 is 26.6 Å². The minimum atomic E-state index is -2.56. The zero-order chi connectivity index (χ0) is 8.85. The third kappa shape index (κ3) is 5.07. The molecule has 0 amide bonds. The fraction of sp³-hybridized carbons (Fsp3) is 0.800. The molecule has 6 heteroatoms. The molecule has 0 saturated carbocycles. The van der Waals surface area contributed by atoms with Gasteiger partial charge >= 0.3 is 68.1 Å². The number of aliphatic hydroxyl groups is 1. The van der Waals surface area contributed by atoms with Crippen molar-refractivity contribution in [1.82, 2.24) is 0 Å². The summed E-state index contributed by atoms with van der Waals surface area (Å²) in [7, 11) is 0. The topological polar surface area (TPSA) is 101 Å². The fourth-order valence-corrected chi connectivity index (χ4v) is 2.18. The van der Waals surface area contributed by atoms with Gasteiger partial charge in [-0.15, -0.1) is 0 Å². The molecule has 2 atom stereocenters. The summed E-state index contributed by atoms with van der Waals surface area (Å²) in [6.45, 7) is 0. The molecular formula is C5H12AsNO4. The molecule has 0 aromatic rings. The molecule has 0 aromatic heterocycles. The Morgan fingerprint density at radius 2 is 2.18 bits per heavy atom. The first-order valence-corrected chi connectivity index (χ1v) is 7.01. The van der Waals surface area contributed by atoms with E-state index in [1.165, 1.54) is 0 Å². The monoisotopic (exact) mass is 225 g/mol. The molecule has 5 nitrogen and oxygen atoms in total. The van der Waals surface area contributed by atoms with Crippen molar-refractivity contribution in [2.24, 2.45) is 5.73 Å². The van der Waals surface area contributed by atoms with Crippen molar-refractivity contribution in [1.29, 1.82) is 0 Å². The van der Waals surface area contributed by atoms with Crippen LogP contribution in [0.2, 0.25) is 5.21 Å². The number of aliphatic hydroxyl groups excluding tert-OH is 1. The molecule has 0 rings (SSSR count). The molecule has 66 valence electrons. The van der Waals surface area contributed by atoms with Crippen LogP contribution in [0.25, 0.3) is 0 Å². The minimum absolute atomic E-state index is 0.189. The van der Waals surface area contributed by atoms with Gasteiger partial charge in [-0.05, 0) is 0 Å². The number of carboxylic acid groups (broad SMARTS) is 1. The van der Waals surface area contributed by atoms with Crippen molar-refractivity contribution in [3.63, 3.8) is 0 Å². The van der Waals surface area contributed by atoms with E-state index in [4.69, 9.17) is 15.9 Å². The van der Waals surface area contributed by atoms with Crippen molar-refractivity contribution in [3.8, 4) is 0 Å². The van der Waals surface area contributed by atoms with Gasteiger partial charge < -0.3 is 0 Å². The summed E-state index contributed by atoms with van der Waals surface area (Å²) in [4.78, 5) is 10.1. The molecule has 0 aliphatic carbocycles. The van der Waals surface area contributed by atoms with E-state index in [1.54, 1.807) is 0 Å². The molecule has 4 N–H and O–H groups in total. The number of hydrogen-bond acceptors (Lipinski definition) is 4. The number of rotatable bonds is 5. The second-order valence-electron chi connectivity index (χ2n) is 2.18. The van der Waals surface area contributed by atoms with E-state index in [0.29, 0.717) is 0 Å². The van der Waals surface area contributed by atoms with Gasteiger partial charge in [0.05, 0.1) is 0 Å². The Morgan fingerprint density at radius 1 is 1.64 bits per heavy atom. The summed E-state index contributed by atoms with van der Waals surface area (Å²) >= 11 is -2.56. The zero-order valence-electron chi connectivity index (χ0n) is 5.99. The second kappa shape index (κ2) is 5.41. The average molecular weight is 225 g/mol. The first-order valence-electron chi connectivity index (χ1n) is 3.19. The van der Waals surface area contributed by atoms with Crippen LogP contribution in [0.1, 0.15) is 6.42 Å². The summed E-state index contributed by atoms with van der Waals surface area (Å²) in [5.74, 6) is -1.09. The van der Waals surface area contributed by atoms with E-state index in [0.717, 1.165) is 0 Å². The first-order chi connectivity index (χ1) is 5.07. The molecular weight excluding hydrogens is 213 g/mol. The molecule has 0 bridgehead atoms. The Morgan fingerprint density at radius 3 is 2.55 bits per heavy atom. The van der Waals surface area contributed by atoms with Crippen molar-refractivity contribution in [2.45, 2.75) is 17.7 Å². The third-order valence-corrected chi connectivity index (χ3v) is 3.74. The Hall–Kier alpha value is -0.252. The third-order valence-electron chi connectivity index (χ3n) is 1.23. The Bertz CT molecular complexity index is 161. The van der Waals surface area contributed by atoms with Crippen LogP contribution in [-0.4, -0.2) is 42.2 Å². The molecule has 2 unspecified atom stereocenters.